The number of aryl methyl sites for hydroxylation is 1. The van der Waals surface area contributed by atoms with E-state index in [-0.39, 0.29) is 29.6 Å². The first kappa shape index (κ1) is 26.0. The van der Waals surface area contributed by atoms with E-state index in [0.717, 1.165) is 22.3 Å². The third kappa shape index (κ3) is 6.02. The van der Waals surface area contributed by atoms with Gasteiger partial charge in [-0.2, -0.15) is 0 Å². The van der Waals surface area contributed by atoms with Crippen LogP contribution in [0, 0.1) is 12.8 Å². The molecule has 6 nitrogen and oxygen atoms in total. The molecule has 1 amide bonds. The van der Waals surface area contributed by atoms with Crippen LogP contribution in [0.2, 0.25) is 0 Å². The molecule has 4 rings (SSSR count). The highest BCUT2D eigenvalue weighted by Gasteiger charge is 2.27. The summed E-state index contributed by atoms with van der Waals surface area (Å²) in [4.78, 5) is 43.7. The van der Waals surface area contributed by atoms with Crippen molar-refractivity contribution in [1.29, 1.82) is 0 Å². The van der Waals surface area contributed by atoms with Crippen molar-refractivity contribution in [3.05, 3.63) is 101 Å². The number of hydrogen-bond donors (Lipinski definition) is 1. The Morgan fingerprint density at radius 2 is 1.70 bits per heavy atom. The third-order valence-electron chi connectivity index (χ3n) is 6.58. The van der Waals surface area contributed by atoms with Gasteiger partial charge in [0.15, 0.2) is 0 Å². The second-order valence-corrected chi connectivity index (χ2v) is 10.0. The van der Waals surface area contributed by atoms with Gasteiger partial charge in [0.05, 0.1) is 23.3 Å². The van der Waals surface area contributed by atoms with Gasteiger partial charge < -0.3 is 5.32 Å². The topological polar surface area (TPSA) is 81.1 Å². The summed E-state index contributed by atoms with van der Waals surface area (Å²) < 4.78 is 1.42. The number of carbonyl (C=O) groups excluding carboxylic acids is 2. The number of fused-ring (bicyclic) bond motifs is 1. The lowest BCUT2D eigenvalue weighted by molar-refractivity contribution is -0.126. The summed E-state index contributed by atoms with van der Waals surface area (Å²) in [5.41, 5.74) is 4.45. The van der Waals surface area contributed by atoms with E-state index in [1.54, 1.807) is 18.2 Å². The molecule has 0 unspecified atom stereocenters. The van der Waals surface area contributed by atoms with Crippen molar-refractivity contribution < 1.29 is 9.59 Å². The first-order chi connectivity index (χ1) is 17.7. The van der Waals surface area contributed by atoms with Crippen LogP contribution in [-0.4, -0.2) is 21.2 Å². The second-order valence-electron chi connectivity index (χ2n) is 10.0. The standard InChI is InChI=1S/C31H33N3O3/c1-20(2)16-29(34-19-32-27-15-8-7-14-26(27)31(34)37)30(36)33-28(17-22(4)35)24-12-9-11-23(18-24)25-13-6-5-10-21(25)3/h5-15,18-20,28-29H,16-17H2,1-4H3,(H,33,36)/t28-,29-/m0/s1. The van der Waals surface area contributed by atoms with Crippen molar-refractivity contribution in [1.82, 2.24) is 14.9 Å². The van der Waals surface area contributed by atoms with Gasteiger partial charge in [0.1, 0.15) is 11.8 Å². The third-order valence-corrected chi connectivity index (χ3v) is 6.58. The smallest absolute Gasteiger partial charge is 0.261 e. The molecule has 0 aliphatic heterocycles. The largest absolute Gasteiger partial charge is 0.347 e. The molecule has 0 bridgehead atoms. The van der Waals surface area contributed by atoms with E-state index < -0.39 is 12.1 Å². The molecule has 1 aromatic heterocycles. The summed E-state index contributed by atoms with van der Waals surface area (Å²) >= 11 is 0. The van der Waals surface area contributed by atoms with Crippen LogP contribution < -0.4 is 10.9 Å². The van der Waals surface area contributed by atoms with Crippen LogP contribution >= 0.6 is 0 Å². The Morgan fingerprint density at radius 1 is 0.973 bits per heavy atom. The molecule has 37 heavy (non-hydrogen) atoms. The number of aromatic nitrogens is 2. The normalized spacial score (nSPS) is 12.9. The minimum atomic E-state index is -0.751. The van der Waals surface area contributed by atoms with Gasteiger partial charge in [0.25, 0.3) is 5.56 Å². The SMILES string of the molecule is CC(=O)C[C@H](NC(=O)[C@H](CC(C)C)n1cnc2ccccc2c1=O)c1cccc(-c2ccccc2C)c1. The minimum absolute atomic E-state index is 0.0310. The van der Waals surface area contributed by atoms with Crippen molar-refractivity contribution in [2.75, 3.05) is 0 Å². The van der Waals surface area contributed by atoms with Gasteiger partial charge in [-0.25, -0.2) is 4.98 Å². The molecule has 4 aromatic rings. The van der Waals surface area contributed by atoms with Crippen LogP contribution in [0.4, 0.5) is 0 Å². The van der Waals surface area contributed by atoms with Crippen LogP contribution in [-0.2, 0) is 9.59 Å². The van der Waals surface area contributed by atoms with E-state index in [2.05, 4.69) is 29.4 Å². The first-order valence-electron chi connectivity index (χ1n) is 12.7. The monoisotopic (exact) mass is 495 g/mol. The Labute approximate surface area is 217 Å². The fraction of sp³-hybridized carbons (Fsp3) is 0.290. The predicted octanol–water partition coefficient (Wildman–Crippen LogP) is 5.80. The molecule has 3 aromatic carbocycles. The molecule has 2 atom stereocenters. The molecule has 0 fully saturated rings. The number of hydrogen-bond acceptors (Lipinski definition) is 4. The van der Waals surface area contributed by atoms with E-state index >= 15 is 0 Å². The molecule has 0 aliphatic carbocycles. The van der Waals surface area contributed by atoms with Crippen LogP contribution in [0.15, 0.2) is 83.9 Å². The maximum Gasteiger partial charge on any atom is 0.261 e. The highest BCUT2D eigenvalue weighted by molar-refractivity contribution is 5.83. The number of amides is 1. The van der Waals surface area contributed by atoms with Crippen molar-refractivity contribution in [3.8, 4) is 11.1 Å². The lowest BCUT2D eigenvalue weighted by atomic mass is 9.94. The van der Waals surface area contributed by atoms with Crippen molar-refractivity contribution >= 4 is 22.6 Å². The molecule has 0 aliphatic rings. The zero-order chi connectivity index (χ0) is 26.5. The lowest BCUT2D eigenvalue weighted by Crippen LogP contribution is -2.40. The number of para-hydroxylation sites is 1. The van der Waals surface area contributed by atoms with Crippen LogP contribution in [0.5, 0.6) is 0 Å². The minimum Gasteiger partial charge on any atom is -0.347 e. The zero-order valence-electron chi connectivity index (χ0n) is 21.8. The average Bonchev–Trinajstić information content (AvgIpc) is 2.87. The van der Waals surface area contributed by atoms with E-state index in [1.165, 1.54) is 17.8 Å². The van der Waals surface area contributed by atoms with Gasteiger partial charge in [-0.05, 0) is 66.6 Å². The number of ketones is 1. The zero-order valence-corrected chi connectivity index (χ0v) is 21.8. The average molecular weight is 496 g/mol. The summed E-state index contributed by atoms with van der Waals surface area (Å²) in [6.07, 6.45) is 2.07. The lowest BCUT2D eigenvalue weighted by Gasteiger charge is -2.25. The quantitative estimate of drug-likeness (QED) is 0.318. The summed E-state index contributed by atoms with van der Waals surface area (Å²) in [5, 5.41) is 3.56. The molecule has 1 N–H and O–H groups in total. The van der Waals surface area contributed by atoms with Crippen LogP contribution in [0.25, 0.3) is 22.0 Å². The number of Topliss-reactive ketones (excluding diaryl/α,β-unsaturated/α-hetero) is 1. The summed E-state index contributed by atoms with van der Waals surface area (Å²) in [6.45, 7) is 7.60. The number of nitrogens with one attached hydrogen (secondary N) is 1. The maximum atomic E-state index is 13.7. The summed E-state index contributed by atoms with van der Waals surface area (Å²) in [7, 11) is 0. The first-order valence-corrected chi connectivity index (χ1v) is 12.7. The fourth-order valence-corrected chi connectivity index (χ4v) is 4.73. The van der Waals surface area contributed by atoms with Gasteiger partial charge in [-0.15, -0.1) is 0 Å². The van der Waals surface area contributed by atoms with E-state index in [0.29, 0.717) is 17.3 Å². The Balaban J connectivity index is 1.70. The molecule has 190 valence electrons. The molecule has 0 saturated carbocycles. The summed E-state index contributed by atoms with van der Waals surface area (Å²) in [5.74, 6) is -0.179. The Bertz CT molecular complexity index is 1490. The van der Waals surface area contributed by atoms with E-state index in [1.807, 2.05) is 56.3 Å². The predicted molar refractivity (Wildman–Crippen MR) is 147 cm³/mol. The molecule has 0 spiro atoms. The molecule has 1 heterocycles. The highest BCUT2D eigenvalue weighted by Crippen LogP contribution is 2.28. The highest BCUT2D eigenvalue weighted by atomic mass is 16.2. The molecular weight excluding hydrogens is 462 g/mol. The van der Waals surface area contributed by atoms with Gasteiger partial charge in [0.2, 0.25) is 5.91 Å². The van der Waals surface area contributed by atoms with Crippen LogP contribution in [0.1, 0.15) is 56.8 Å². The van der Waals surface area contributed by atoms with Crippen molar-refractivity contribution in [2.45, 2.75) is 52.6 Å². The number of carbonyl (C=O) groups is 2. The van der Waals surface area contributed by atoms with Crippen molar-refractivity contribution in [2.24, 2.45) is 5.92 Å². The van der Waals surface area contributed by atoms with Crippen molar-refractivity contribution in [3.63, 3.8) is 0 Å². The van der Waals surface area contributed by atoms with Gasteiger partial charge in [0, 0.05) is 6.42 Å². The Kier molecular flexibility index (Phi) is 7.97. The molecule has 0 radical (unpaired) electrons. The Hall–Kier alpha value is -4.06. The van der Waals surface area contributed by atoms with E-state index in [9.17, 15) is 14.4 Å². The molecular formula is C31H33N3O3. The van der Waals surface area contributed by atoms with Gasteiger partial charge >= 0.3 is 0 Å². The van der Waals surface area contributed by atoms with Gasteiger partial charge in [-0.1, -0.05) is 68.4 Å². The summed E-state index contributed by atoms with van der Waals surface area (Å²) in [6, 6.07) is 21.9. The maximum absolute atomic E-state index is 13.7. The van der Waals surface area contributed by atoms with Gasteiger partial charge in [-0.3, -0.25) is 19.0 Å². The Morgan fingerprint density at radius 3 is 2.43 bits per heavy atom. The number of rotatable bonds is 9. The molecule has 0 saturated heterocycles. The molecule has 6 heteroatoms. The van der Waals surface area contributed by atoms with Crippen LogP contribution in [0.3, 0.4) is 0 Å². The number of benzene rings is 3. The second kappa shape index (κ2) is 11.3. The number of nitrogens with zero attached hydrogens (tertiary/aromatic N) is 2. The fourth-order valence-electron chi connectivity index (χ4n) is 4.73. The van der Waals surface area contributed by atoms with E-state index in [4.69, 9.17) is 0 Å².